The molecule has 0 heterocycles. The summed E-state index contributed by atoms with van der Waals surface area (Å²) in [6.07, 6.45) is 3.01. The first kappa shape index (κ1) is 14.9. The van der Waals surface area contributed by atoms with Crippen LogP contribution in [0.5, 0.6) is 0 Å². The van der Waals surface area contributed by atoms with E-state index in [2.05, 4.69) is 27.7 Å². The lowest BCUT2D eigenvalue weighted by atomic mass is 10.1. The van der Waals surface area contributed by atoms with Crippen molar-refractivity contribution < 1.29 is 14.2 Å². The summed E-state index contributed by atoms with van der Waals surface area (Å²) < 4.78 is 16.4. The first-order valence-electron chi connectivity index (χ1n) is 6.05. The smallest absolute Gasteiger partial charge is 0.271 e. The molecule has 0 N–H and O–H groups in total. The molecule has 3 heteroatoms. The highest BCUT2D eigenvalue weighted by atomic mass is 16.8. The van der Waals surface area contributed by atoms with E-state index in [1.807, 2.05) is 0 Å². The molecule has 15 heavy (non-hydrogen) atoms. The Labute approximate surface area is 94.1 Å². The van der Waals surface area contributed by atoms with Gasteiger partial charge in [-0.3, -0.25) is 0 Å². The summed E-state index contributed by atoms with van der Waals surface area (Å²) in [4.78, 5) is 0. The lowest BCUT2D eigenvalue weighted by Crippen LogP contribution is -2.23. The molecule has 92 valence electrons. The maximum absolute atomic E-state index is 5.51. The molecule has 0 aliphatic heterocycles. The lowest BCUT2D eigenvalue weighted by Gasteiger charge is -2.18. The van der Waals surface area contributed by atoms with Crippen LogP contribution in [0.4, 0.5) is 0 Å². The monoisotopic (exact) mass is 218 g/mol. The van der Waals surface area contributed by atoms with Crippen LogP contribution in [0.3, 0.4) is 0 Å². The SMILES string of the molecule is CCCOC(OCCC)OCCC(C)C. The molecular weight excluding hydrogens is 192 g/mol. The molecule has 0 saturated heterocycles. The Balaban J connectivity index is 3.58. The van der Waals surface area contributed by atoms with E-state index >= 15 is 0 Å². The van der Waals surface area contributed by atoms with E-state index in [4.69, 9.17) is 14.2 Å². The predicted octanol–water partition coefficient (Wildman–Crippen LogP) is 3.19. The third kappa shape index (κ3) is 10.2. The fourth-order valence-electron chi connectivity index (χ4n) is 0.972. The van der Waals surface area contributed by atoms with Crippen LogP contribution >= 0.6 is 0 Å². The van der Waals surface area contributed by atoms with Gasteiger partial charge in [-0.05, 0) is 25.2 Å². The van der Waals surface area contributed by atoms with E-state index < -0.39 is 6.48 Å². The third-order valence-corrected chi connectivity index (χ3v) is 1.87. The van der Waals surface area contributed by atoms with Crippen molar-refractivity contribution in [2.45, 2.75) is 53.4 Å². The fraction of sp³-hybridized carbons (Fsp3) is 1.00. The van der Waals surface area contributed by atoms with Crippen molar-refractivity contribution in [3.63, 3.8) is 0 Å². The average molecular weight is 218 g/mol. The Bertz CT molecular complexity index is 118. The quantitative estimate of drug-likeness (QED) is 0.527. The van der Waals surface area contributed by atoms with Gasteiger partial charge in [-0.15, -0.1) is 0 Å². The van der Waals surface area contributed by atoms with Gasteiger partial charge < -0.3 is 14.2 Å². The summed E-state index contributed by atoms with van der Waals surface area (Å²) in [7, 11) is 0. The third-order valence-electron chi connectivity index (χ3n) is 1.87. The standard InChI is InChI=1S/C12H26O3/c1-5-8-13-12(14-9-6-2)15-10-7-11(3)4/h11-12H,5-10H2,1-4H3. The van der Waals surface area contributed by atoms with Crippen molar-refractivity contribution in [2.75, 3.05) is 19.8 Å². The second-order valence-electron chi connectivity index (χ2n) is 4.08. The molecule has 0 aromatic carbocycles. The van der Waals surface area contributed by atoms with Gasteiger partial charge in [0.15, 0.2) is 0 Å². The molecule has 0 atom stereocenters. The summed E-state index contributed by atoms with van der Waals surface area (Å²) >= 11 is 0. The summed E-state index contributed by atoms with van der Waals surface area (Å²) in [6.45, 7) is 10.1. The van der Waals surface area contributed by atoms with E-state index in [0.717, 1.165) is 19.3 Å². The normalized spacial score (nSPS) is 11.6. The summed E-state index contributed by atoms with van der Waals surface area (Å²) in [5.74, 6) is 0.656. The molecule has 0 saturated carbocycles. The molecule has 0 aromatic rings. The minimum atomic E-state index is -0.469. The molecule has 0 unspecified atom stereocenters. The largest absolute Gasteiger partial charge is 0.330 e. The van der Waals surface area contributed by atoms with Gasteiger partial charge in [-0.25, -0.2) is 0 Å². The second-order valence-corrected chi connectivity index (χ2v) is 4.08. The second kappa shape index (κ2) is 10.4. The Morgan fingerprint density at radius 2 is 1.27 bits per heavy atom. The number of hydrogen-bond donors (Lipinski definition) is 0. The molecule has 0 aliphatic carbocycles. The molecule has 3 nitrogen and oxygen atoms in total. The van der Waals surface area contributed by atoms with Crippen molar-refractivity contribution in [2.24, 2.45) is 5.92 Å². The van der Waals surface area contributed by atoms with Gasteiger partial charge in [0.05, 0.1) is 19.8 Å². The Hall–Kier alpha value is -0.120. The Morgan fingerprint density at radius 1 is 0.800 bits per heavy atom. The van der Waals surface area contributed by atoms with Crippen LogP contribution in [0.15, 0.2) is 0 Å². The minimum Gasteiger partial charge on any atom is -0.330 e. The molecule has 0 aliphatic rings. The van der Waals surface area contributed by atoms with E-state index in [1.165, 1.54) is 0 Å². The van der Waals surface area contributed by atoms with Crippen molar-refractivity contribution >= 4 is 0 Å². The maximum Gasteiger partial charge on any atom is 0.271 e. The van der Waals surface area contributed by atoms with Crippen LogP contribution in [0.25, 0.3) is 0 Å². The highest BCUT2D eigenvalue weighted by Gasteiger charge is 2.08. The van der Waals surface area contributed by atoms with Crippen LogP contribution in [-0.4, -0.2) is 26.3 Å². The highest BCUT2D eigenvalue weighted by molar-refractivity contribution is 4.42. The molecule has 0 aromatic heterocycles. The summed E-state index contributed by atoms with van der Waals surface area (Å²) in [5, 5.41) is 0. The molecule has 0 amide bonds. The van der Waals surface area contributed by atoms with Crippen LogP contribution in [0.2, 0.25) is 0 Å². The predicted molar refractivity (Wildman–Crippen MR) is 61.7 cm³/mol. The van der Waals surface area contributed by atoms with Gasteiger partial charge in [0.1, 0.15) is 0 Å². The highest BCUT2D eigenvalue weighted by Crippen LogP contribution is 2.04. The van der Waals surface area contributed by atoms with Crippen LogP contribution in [0.1, 0.15) is 47.0 Å². The molecule has 0 spiro atoms. The van der Waals surface area contributed by atoms with Crippen LogP contribution in [-0.2, 0) is 14.2 Å². The van der Waals surface area contributed by atoms with Gasteiger partial charge in [-0.2, -0.15) is 0 Å². The molecule has 0 fully saturated rings. The fourth-order valence-corrected chi connectivity index (χ4v) is 0.972. The van der Waals surface area contributed by atoms with Crippen molar-refractivity contribution in [1.29, 1.82) is 0 Å². The average Bonchev–Trinajstić information content (AvgIpc) is 2.20. The van der Waals surface area contributed by atoms with Crippen molar-refractivity contribution in [3.8, 4) is 0 Å². The van der Waals surface area contributed by atoms with Gasteiger partial charge in [0.25, 0.3) is 6.48 Å². The van der Waals surface area contributed by atoms with Gasteiger partial charge >= 0.3 is 0 Å². The molecule has 0 rings (SSSR count). The van der Waals surface area contributed by atoms with Crippen molar-refractivity contribution in [3.05, 3.63) is 0 Å². The zero-order chi connectivity index (χ0) is 11.5. The number of ether oxygens (including phenoxy) is 3. The van der Waals surface area contributed by atoms with E-state index in [1.54, 1.807) is 0 Å². The zero-order valence-electron chi connectivity index (χ0n) is 10.6. The van der Waals surface area contributed by atoms with E-state index in [-0.39, 0.29) is 0 Å². The van der Waals surface area contributed by atoms with Crippen molar-refractivity contribution in [1.82, 2.24) is 0 Å². The molecule has 0 bridgehead atoms. The molecule has 0 radical (unpaired) electrons. The number of hydrogen-bond acceptors (Lipinski definition) is 3. The number of rotatable bonds is 10. The van der Waals surface area contributed by atoms with Gasteiger partial charge in [-0.1, -0.05) is 27.7 Å². The molecular formula is C12H26O3. The van der Waals surface area contributed by atoms with E-state index in [0.29, 0.717) is 25.7 Å². The lowest BCUT2D eigenvalue weighted by molar-refractivity contribution is -0.288. The van der Waals surface area contributed by atoms with Crippen LogP contribution < -0.4 is 0 Å². The summed E-state index contributed by atoms with van der Waals surface area (Å²) in [5.41, 5.74) is 0. The van der Waals surface area contributed by atoms with Gasteiger partial charge in [0, 0.05) is 0 Å². The van der Waals surface area contributed by atoms with Crippen LogP contribution in [0, 0.1) is 5.92 Å². The van der Waals surface area contributed by atoms with E-state index in [9.17, 15) is 0 Å². The zero-order valence-corrected chi connectivity index (χ0v) is 10.6. The summed E-state index contributed by atoms with van der Waals surface area (Å²) in [6, 6.07) is 0. The first-order valence-corrected chi connectivity index (χ1v) is 6.05. The maximum atomic E-state index is 5.51. The first-order chi connectivity index (χ1) is 7.20. The Kier molecular flexibility index (Phi) is 10.3. The minimum absolute atomic E-state index is 0.469. The Morgan fingerprint density at radius 3 is 1.67 bits per heavy atom. The van der Waals surface area contributed by atoms with Gasteiger partial charge in [0.2, 0.25) is 0 Å². The topological polar surface area (TPSA) is 27.7 Å².